The largest absolute Gasteiger partial charge is 0.364 e. The molecule has 0 amide bonds. The van der Waals surface area contributed by atoms with Crippen molar-refractivity contribution in [2.75, 3.05) is 5.32 Å². The van der Waals surface area contributed by atoms with Crippen molar-refractivity contribution in [2.45, 2.75) is 38.1 Å². The van der Waals surface area contributed by atoms with Gasteiger partial charge in [-0.05, 0) is 41.9 Å². The Balaban J connectivity index is 2.07. The summed E-state index contributed by atoms with van der Waals surface area (Å²) in [6, 6.07) is 0. The average Bonchev–Trinajstić information content (AvgIpc) is 2.90. The zero-order chi connectivity index (χ0) is 10.0. The second kappa shape index (κ2) is 4.00. The Labute approximate surface area is 97.9 Å². The van der Waals surface area contributed by atoms with Crippen LogP contribution < -0.4 is 5.32 Å². The van der Waals surface area contributed by atoms with Crippen LogP contribution in [-0.2, 0) is 0 Å². The third-order valence-corrected chi connectivity index (χ3v) is 3.42. The van der Waals surface area contributed by atoms with E-state index in [2.05, 4.69) is 44.8 Å². The summed E-state index contributed by atoms with van der Waals surface area (Å²) in [5.41, 5.74) is 0.350. The standard InChI is InChI=1S/C10H14IN3/c1-2-3-10(4-5-10)14-9-8(11)6-12-7-13-9/h6-7H,2-5H2,1H3,(H,12,13,14). The smallest absolute Gasteiger partial charge is 0.143 e. The van der Waals surface area contributed by atoms with E-state index in [9.17, 15) is 0 Å². The van der Waals surface area contributed by atoms with Crippen LogP contribution in [0, 0.1) is 3.57 Å². The maximum absolute atomic E-state index is 4.26. The molecule has 0 atom stereocenters. The van der Waals surface area contributed by atoms with Gasteiger partial charge in [-0.3, -0.25) is 0 Å². The Morgan fingerprint density at radius 3 is 2.93 bits per heavy atom. The Kier molecular flexibility index (Phi) is 2.90. The van der Waals surface area contributed by atoms with E-state index in [1.165, 1.54) is 25.7 Å². The summed E-state index contributed by atoms with van der Waals surface area (Å²) in [5, 5.41) is 3.54. The number of nitrogens with one attached hydrogen (secondary N) is 1. The summed E-state index contributed by atoms with van der Waals surface area (Å²) in [7, 11) is 0. The summed E-state index contributed by atoms with van der Waals surface area (Å²) >= 11 is 2.27. The van der Waals surface area contributed by atoms with Gasteiger partial charge in [-0.15, -0.1) is 0 Å². The first kappa shape index (κ1) is 10.1. The minimum atomic E-state index is 0.350. The monoisotopic (exact) mass is 303 g/mol. The summed E-state index contributed by atoms with van der Waals surface area (Å²) in [6.07, 6.45) is 8.48. The second-order valence-electron chi connectivity index (χ2n) is 3.87. The minimum Gasteiger partial charge on any atom is -0.364 e. The normalized spacial score (nSPS) is 17.9. The lowest BCUT2D eigenvalue weighted by atomic mass is 10.1. The Bertz CT molecular complexity index is 323. The number of halogens is 1. The second-order valence-corrected chi connectivity index (χ2v) is 5.04. The van der Waals surface area contributed by atoms with Gasteiger partial charge in [0.2, 0.25) is 0 Å². The molecule has 1 heterocycles. The highest BCUT2D eigenvalue weighted by Gasteiger charge is 2.41. The van der Waals surface area contributed by atoms with E-state index < -0.39 is 0 Å². The summed E-state index contributed by atoms with van der Waals surface area (Å²) in [4.78, 5) is 8.24. The molecular formula is C10H14IN3. The van der Waals surface area contributed by atoms with Gasteiger partial charge in [0.15, 0.2) is 0 Å². The predicted molar refractivity (Wildman–Crippen MR) is 65.2 cm³/mol. The average molecular weight is 303 g/mol. The van der Waals surface area contributed by atoms with E-state index in [1.807, 2.05) is 6.20 Å². The maximum atomic E-state index is 4.26. The number of hydrogen-bond acceptors (Lipinski definition) is 3. The van der Waals surface area contributed by atoms with E-state index in [1.54, 1.807) is 6.33 Å². The zero-order valence-corrected chi connectivity index (χ0v) is 10.4. The molecule has 1 aliphatic carbocycles. The molecule has 76 valence electrons. The van der Waals surface area contributed by atoms with Gasteiger partial charge in [-0.1, -0.05) is 13.3 Å². The topological polar surface area (TPSA) is 37.8 Å². The molecule has 1 N–H and O–H groups in total. The predicted octanol–water partition coefficient (Wildman–Crippen LogP) is 2.83. The minimum absolute atomic E-state index is 0.350. The summed E-state index contributed by atoms with van der Waals surface area (Å²) in [6.45, 7) is 2.23. The molecule has 1 fully saturated rings. The molecule has 14 heavy (non-hydrogen) atoms. The van der Waals surface area contributed by atoms with Crippen molar-refractivity contribution in [2.24, 2.45) is 0 Å². The molecule has 4 heteroatoms. The molecule has 0 spiro atoms. The van der Waals surface area contributed by atoms with Gasteiger partial charge in [0.05, 0.1) is 3.57 Å². The molecule has 1 aliphatic rings. The van der Waals surface area contributed by atoms with Crippen LogP contribution in [0.1, 0.15) is 32.6 Å². The first-order valence-corrected chi connectivity index (χ1v) is 6.07. The van der Waals surface area contributed by atoms with Gasteiger partial charge < -0.3 is 5.32 Å². The quantitative estimate of drug-likeness (QED) is 0.869. The lowest BCUT2D eigenvalue weighted by molar-refractivity contribution is 0.635. The van der Waals surface area contributed by atoms with Gasteiger partial charge in [0, 0.05) is 11.7 Å². The molecule has 2 rings (SSSR count). The van der Waals surface area contributed by atoms with Crippen molar-refractivity contribution in [3.8, 4) is 0 Å². The van der Waals surface area contributed by atoms with Crippen molar-refractivity contribution in [1.29, 1.82) is 0 Å². The van der Waals surface area contributed by atoms with Crippen molar-refractivity contribution >= 4 is 28.4 Å². The van der Waals surface area contributed by atoms with E-state index in [0.717, 1.165) is 9.39 Å². The van der Waals surface area contributed by atoms with Crippen molar-refractivity contribution in [3.05, 3.63) is 16.1 Å². The highest BCUT2D eigenvalue weighted by molar-refractivity contribution is 14.1. The third-order valence-electron chi connectivity index (χ3n) is 2.63. The fraction of sp³-hybridized carbons (Fsp3) is 0.600. The van der Waals surface area contributed by atoms with Crippen molar-refractivity contribution in [3.63, 3.8) is 0 Å². The molecule has 0 saturated heterocycles. The number of aromatic nitrogens is 2. The number of anilines is 1. The highest BCUT2D eigenvalue weighted by atomic mass is 127. The molecule has 1 aromatic rings. The van der Waals surface area contributed by atoms with Gasteiger partial charge in [-0.2, -0.15) is 0 Å². The van der Waals surface area contributed by atoms with E-state index in [0.29, 0.717) is 5.54 Å². The summed E-state index contributed by atoms with van der Waals surface area (Å²) in [5.74, 6) is 0.992. The molecule has 0 radical (unpaired) electrons. The van der Waals surface area contributed by atoms with E-state index >= 15 is 0 Å². The number of hydrogen-bond donors (Lipinski definition) is 1. The Hall–Kier alpha value is -0.390. The molecule has 0 bridgehead atoms. The van der Waals surface area contributed by atoms with Gasteiger partial charge in [0.25, 0.3) is 0 Å². The lowest BCUT2D eigenvalue weighted by Crippen LogP contribution is -2.22. The third kappa shape index (κ3) is 2.16. The molecule has 0 aliphatic heterocycles. The van der Waals surface area contributed by atoms with Crippen molar-refractivity contribution in [1.82, 2.24) is 9.97 Å². The Morgan fingerprint density at radius 1 is 1.57 bits per heavy atom. The fourth-order valence-corrected chi connectivity index (χ4v) is 2.16. The van der Waals surface area contributed by atoms with Crippen LogP contribution in [0.25, 0.3) is 0 Å². The van der Waals surface area contributed by atoms with Crippen molar-refractivity contribution < 1.29 is 0 Å². The van der Waals surface area contributed by atoms with Crippen LogP contribution in [0.2, 0.25) is 0 Å². The Morgan fingerprint density at radius 2 is 2.36 bits per heavy atom. The summed E-state index contributed by atoms with van der Waals surface area (Å²) < 4.78 is 1.10. The van der Waals surface area contributed by atoms with Crippen LogP contribution in [0.4, 0.5) is 5.82 Å². The molecule has 3 nitrogen and oxygen atoms in total. The van der Waals surface area contributed by atoms with Gasteiger partial charge in [0.1, 0.15) is 12.1 Å². The van der Waals surface area contributed by atoms with Crippen LogP contribution in [0.3, 0.4) is 0 Å². The maximum Gasteiger partial charge on any atom is 0.143 e. The van der Waals surface area contributed by atoms with Crippen LogP contribution in [0.15, 0.2) is 12.5 Å². The highest BCUT2D eigenvalue weighted by Crippen LogP contribution is 2.42. The number of rotatable bonds is 4. The van der Waals surface area contributed by atoms with Gasteiger partial charge >= 0.3 is 0 Å². The molecule has 0 unspecified atom stereocenters. The van der Waals surface area contributed by atoms with Crippen LogP contribution >= 0.6 is 22.6 Å². The number of nitrogens with zero attached hydrogens (tertiary/aromatic N) is 2. The lowest BCUT2D eigenvalue weighted by Gasteiger charge is -2.17. The fourth-order valence-electron chi connectivity index (χ4n) is 1.72. The SMILES string of the molecule is CCCC1(Nc2ncncc2I)CC1. The first-order valence-electron chi connectivity index (χ1n) is 4.99. The molecule has 1 saturated carbocycles. The first-order chi connectivity index (χ1) is 6.76. The molecule has 1 aromatic heterocycles. The molecular weight excluding hydrogens is 289 g/mol. The molecule has 0 aromatic carbocycles. The van der Waals surface area contributed by atoms with E-state index in [-0.39, 0.29) is 0 Å². The van der Waals surface area contributed by atoms with E-state index in [4.69, 9.17) is 0 Å². The zero-order valence-electron chi connectivity index (χ0n) is 8.26. The van der Waals surface area contributed by atoms with Crippen LogP contribution in [0.5, 0.6) is 0 Å². The van der Waals surface area contributed by atoms with Gasteiger partial charge in [-0.25, -0.2) is 9.97 Å². The van der Waals surface area contributed by atoms with Crippen LogP contribution in [-0.4, -0.2) is 15.5 Å².